The molecule has 2 aromatic carbocycles. The van der Waals surface area contributed by atoms with Gasteiger partial charge in [0, 0.05) is 0 Å². The highest BCUT2D eigenvalue weighted by Crippen LogP contribution is 2.23. The first-order valence-electron chi connectivity index (χ1n) is 6.44. The van der Waals surface area contributed by atoms with Crippen LogP contribution >= 0.6 is 0 Å². The standard InChI is InChI=1S/C16H15F3O/c17-13-9-12(10-14(18)16(13)19)15(20)8-4-7-11-5-2-1-3-6-11/h1-3,5-6,9-10,15,20H,4,7-8H2. The van der Waals surface area contributed by atoms with E-state index in [1.54, 1.807) is 0 Å². The molecule has 0 saturated carbocycles. The van der Waals surface area contributed by atoms with Crippen LogP contribution in [-0.4, -0.2) is 5.11 Å². The molecule has 0 bridgehead atoms. The Bertz CT molecular complexity index is 546. The average molecular weight is 280 g/mol. The van der Waals surface area contributed by atoms with E-state index in [2.05, 4.69) is 0 Å². The summed E-state index contributed by atoms with van der Waals surface area (Å²) in [5.41, 5.74) is 1.20. The highest BCUT2D eigenvalue weighted by atomic mass is 19.2. The predicted molar refractivity (Wildman–Crippen MR) is 70.7 cm³/mol. The molecule has 20 heavy (non-hydrogen) atoms. The molecule has 0 spiro atoms. The molecule has 0 amide bonds. The van der Waals surface area contributed by atoms with Gasteiger partial charge in [0.05, 0.1) is 6.10 Å². The van der Waals surface area contributed by atoms with Crippen LogP contribution in [0.5, 0.6) is 0 Å². The molecule has 0 aromatic heterocycles. The molecule has 0 saturated heterocycles. The Balaban J connectivity index is 1.93. The van der Waals surface area contributed by atoms with Crippen LogP contribution in [0, 0.1) is 17.5 Å². The molecule has 0 aliphatic rings. The number of hydrogen-bond acceptors (Lipinski definition) is 1. The van der Waals surface area contributed by atoms with E-state index in [9.17, 15) is 18.3 Å². The number of aliphatic hydroxyl groups excluding tert-OH is 1. The number of rotatable bonds is 5. The van der Waals surface area contributed by atoms with Gasteiger partial charge in [-0.3, -0.25) is 0 Å². The summed E-state index contributed by atoms with van der Waals surface area (Å²) < 4.78 is 38.9. The zero-order chi connectivity index (χ0) is 14.5. The molecule has 0 aliphatic carbocycles. The molecule has 1 nitrogen and oxygen atoms in total. The van der Waals surface area contributed by atoms with Gasteiger partial charge >= 0.3 is 0 Å². The van der Waals surface area contributed by atoms with Gasteiger partial charge in [0.1, 0.15) is 0 Å². The van der Waals surface area contributed by atoms with Crippen LogP contribution in [0.2, 0.25) is 0 Å². The lowest BCUT2D eigenvalue weighted by atomic mass is 10.0. The minimum atomic E-state index is -1.51. The second kappa shape index (κ2) is 6.57. The van der Waals surface area contributed by atoms with Gasteiger partial charge in [0.2, 0.25) is 0 Å². The smallest absolute Gasteiger partial charge is 0.194 e. The maximum atomic E-state index is 13.1. The first kappa shape index (κ1) is 14.6. The Morgan fingerprint density at radius 2 is 1.55 bits per heavy atom. The van der Waals surface area contributed by atoms with E-state index < -0.39 is 23.6 Å². The third-order valence-electron chi connectivity index (χ3n) is 3.18. The maximum Gasteiger partial charge on any atom is 0.194 e. The van der Waals surface area contributed by atoms with Gasteiger partial charge in [0.15, 0.2) is 17.5 Å². The van der Waals surface area contributed by atoms with Gasteiger partial charge in [0.25, 0.3) is 0 Å². The third-order valence-corrected chi connectivity index (χ3v) is 3.18. The fraction of sp³-hybridized carbons (Fsp3) is 0.250. The lowest BCUT2D eigenvalue weighted by molar-refractivity contribution is 0.163. The summed E-state index contributed by atoms with van der Waals surface area (Å²) in [5, 5.41) is 9.88. The number of halogens is 3. The first-order chi connectivity index (χ1) is 9.58. The Labute approximate surface area is 115 Å². The van der Waals surface area contributed by atoms with Crippen molar-refractivity contribution < 1.29 is 18.3 Å². The number of aliphatic hydroxyl groups is 1. The molecule has 1 N–H and O–H groups in total. The van der Waals surface area contributed by atoms with Gasteiger partial charge in [-0.05, 0) is 42.5 Å². The van der Waals surface area contributed by atoms with Crippen molar-refractivity contribution in [2.75, 3.05) is 0 Å². The van der Waals surface area contributed by atoms with Gasteiger partial charge in [-0.1, -0.05) is 30.3 Å². The van der Waals surface area contributed by atoms with Crippen molar-refractivity contribution in [3.8, 4) is 0 Å². The lowest BCUT2D eigenvalue weighted by Crippen LogP contribution is -2.02. The van der Waals surface area contributed by atoms with Crippen molar-refractivity contribution in [1.29, 1.82) is 0 Å². The second-order valence-electron chi connectivity index (χ2n) is 4.69. The van der Waals surface area contributed by atoms with Crippen molar-refractivity contribution in [1.82, 2.24) is 0 Å². The van der Waals surface area contributed by atoms with Crippen LogP contribution in [-0.2, 0) is 6.42 Å². The number of aryl methyl sites for hydroxylation is 1. The fourth-order valence-electron chi connectivity index (χ4n) is 2.08. The fourth-order valence-corrected chi connectivity index (χ4v) is 2.08. The van der Waals surface area contributed by atoms with Gasteiger partial charge in [-0.15, -0.1) is 0 Å². The minimum Gasteiger partial charge on any atom is -0.388 e. The molecular formula is C16H15F3O. The van der Waals surface area contributed by atoms with Crippen molar-refractivity contribution >= 4 is 0 Å². The molecule has 2 rings (SSSR count). The highest BCUT2D eigenvalue weighted by molar-refractivity contribution is 5.21. The summed E-state index contributed by atoms with van der Waals surface area (Å²) in [5.74, 6) is -4.06. The average Bonchev–Trinajstić information content (AvgIpc) is 2.45. The Morgan fingerprint density at radius 3 is 2.15 bits per heavy atom. The summed E-state index contributed by atoms with van der Waals surface area (Å²) in [6, 6.07) is 11.4. The van der Waals surface area contributed by atoms with Crippen LogP contribution in [0.15, 0.2) is 42.5 Å². The SMILES string of the molecule is OC(CCCc1ccccc1)c1cc(F)c(F)c(F)c1. The van der Waals surface area contributed by atoms with Crippen molar-refractivity contribution in [2.45, 2.75) is 25.4 Å². The van der Waals surface area contributed by atoms with Crippen molar-refractivity contribution in [2.24, 2.45) is 0 Å². The van der Waals surface area contributed by atoms with E-state index in [1.807, 2.05) is 30.3 Å². The van der Waals surface area contributed by atoms with Gasteiger partial charge < -0.3 is 5.11 Å². The quantitative estimate of drug-likeness (QED) is 0.815. The first-order valence-corrected chi connectivity index (χ1v) is 6.44. The molecule has 0 fully saturated rings. The molecule has 0 radical (unpaired) electrons. The third kappa shape index (κ3) is 3.61. The van der Waals surface area contributed by atoms with Crippen LogP contribution in [0.1, 0.15) is 30.1 Å². The van der Waals surface area contributed by atoms with E-state index in [-0.39, 0.29) is 5.56 Å². The minimum absolute atomic E-state index is 0.0643. The summed E-state index contributed by atoms with van der Waals surface area (Å²) in [6.45, 7) is 0. The molecule has 0 aliphatic heterocycles. The molecular weight excluding hydrogens is 265 g/mol. The second-order valence-corrected chi connectivity index (χ2v) is 4.69. The van der Waals surface area contributed by atoms with Crippen molar-refractivity contribution in [3.63, 3.8) is 0 Å². The molecule has 1 unspecified atom stereocenters. The monoisotopic (exact) mass is 280 g/mol. The maximum absolute atomic E-state index is 13.1. The van der Waals surface area contributed by atoms with Crippen LogP contribution in [0.4, 0.5) is 13.2 Å². The summed E-state index contributed by atoms with van der Waals surface area (Å²) in [6.07, 6.45) is 0.804. The molecule has 0 heterocycles. The van der Waals surface area contributed by atoms with Crippen LogP contribution in [0.25, 0.3) is 0 Å². The summed E-state index contributed by atoms with van der Waals surface area (Å²) in [7, 11) is 0. The van der Waals surface area contributed by atoms with Gasteiger partial charge in [-0.2, -0.15) is 0 Å². The normalized spacial score (nSPS) is 12.4. The van der Waals surface area contributed by atoms with E-state index in [4.69, 9.17) is 0 Å². The van der Waals surface area contributed by atoms with Crippen molar-refractivity contribution in [3.05, 3.63) is 71.0 Å². The number of benzene rings is 2. The topological polar surface area (TPSA) is 20.2 Å². The Hall–Kier alpha value is -1.81. The Morgan fingerprint density at radius 1 is 0.950 bits per heavy atom. The van der Waals surface area contributed by atoms with Crippen LogP contribution in [0.3, 0.4) is 0 Å². The molecule has 1 atom stereocenters. The Kier molecular flexibility index (Phi) is 4.79. The number of hydrogen-bond donors (Lipinski definition) is 1. The zero-order valence-electron chi connectivity index (χ0n) is 10.8. The van der Waals surface area contributed by atoms with E-state index in [1.165, 1.54) is 0 Å². The van der Waals surface area contributed by atoms with Crippen LogP contribution < -0.4 is 0 Å². The summed E-state index contributed by atoms with van der Waals surface area (Å²) >= 11 is 0. The molecule has 106 valence electrons. The molecule has 2 aromatic rings. The summed E-state index contributed by atoms with van der Waals surface area (Å²) in [4.78, 5) is 0. The highest BCUT2D eigenvalue weighted by Gasteiger charge is 2.15. The van der Waals surface area contributed by atoms with Gasteiger partial charge in [-0.25, -0.2) is 13.2 Å². The predicted octanol–water partition coefficient (Wildman–Crippen LogP) is 4.16. The van der Waals surface area contributed by atoms with E-state index in [0.29, 0.717) is 12.8 Å². The largest absolute Gasteiger partial charge is 0.388 e. The zero-order valence-corrected chi connectivity index (χ0v) is 10.8. The molecule has 4 heteroatoms. The lowest BCUT2D eigenvalue weighted by Gasteiger charge is -2.11. The van der Waals surface area contributed by atoms with E-state index >= 15 is 0 Å². The van der Waals surface area contributed by atoms with E-state index in [0.717, 1.165) is 24.1 Å².